The van der Waals surface area contributed by atoms with E-state index in [1.54, 1.807) is 30.3 Å². The molecule has 3 heterocycles. The number of benzene rings is 7. The molecule has 3 aromatic heterocycles. The standard InChI is InChI=1S/C44H23N5O2/c1-46-33-13-17-38-42(24-33)51-44(48-38)32-12-19-40-36(23-32)35-22-31(43-47-37-16-6-26(25-45)20-41(37)50-43)11-18-39(35)49(40)34-14-9-28(10-15-34)30-8-7-27-4-2-3-5-29(27)21-30/h2-24H. The molecule has 7 heteroatoms. The monoisotopic (exact) mass is 653 g/mol. The Morgan fingerprint density at radius 3 is 1.84 bits per heavy atom. The first-order chi connectivity index (χ1) is 25.1. The van der Waals surface area contributed by atoms with Crippen LogP contribution in [0.2, 0.25) is 0 Å². The zero-order chi connectivity index (χ0) is 34.1. The maximum Gasteiger partial charge on any atom is 0.227 e. The van der Waals surface area contributed by atoms with Crippen molar-refractivity contribution >= 4 is 60.5 Å². The molecule has 0 aliphatic rings. The predicted octanol–water partition coefficient (Wildman–Crippen LogP) is 11.6. The quantitative estimate of drug-likeness (QED) is 0.176. The zero-order valence-corrected chi connectivity index (χ0v) is 26.8. The van der Waals surface area contributed by atoms with Crippen molar-refractivity contribution in [1.82, 2.24) is 14.5 Å². The van der Waals surface area contributed by atoms with Gasteiger partial charge < -0.3 is 13.4 Å². The molecule has 0 saturated heterocycles. The Morgan fingerprint density at radius 1 is 0.569 bits per heavy atom. The number of nitrogens with zero attached hydrogens (tertiary/aromatic N) is 5. The third-order valence-corrected chi connectivity index (χ3v) is 9.49. The van der Waals surface area contributed by atoms with Gasteiger partial charge in [0.1, 0.15) is 16.6 Å². The van der Waals surface area contributed by atoms with Gasteiger partial charge in [0.25, 0.3) is 0 Å². The van der Waals surface area contributed by atoms with Crippen LogP contribution in [0.3, 0.4) is 0 Å². The number of nitriles is 1. The van der Waals surface area contributed by atoms with Gasteiger partial charge in [-0.3, -0.25) is 0 Å². The Balaban J connectivity index is 1.14. The van der Waals surface area contributed by atoms with Crippen LogP contribution in [0.4, 0.5) is 5.69 Å². The number of oxazole rings is 2. The highest BCUT2D eigenvalue weighted by Crippen LogP contribution is 2.39. The van der Waals surface area contributed by atoms with Crippen molar-refractivity contribution < 1.29 is 8.83 Å². The molecular weight excluding hydrogens is 631 g/mol. The van der Waals surface area contributed by atoms with Crippen molar-refractivity contribution in [2.24, 2.45) is 0 Å². The first kappa shape index (κ1) is 28.5. The Bertz CT molecular complexity index is 2960. The second-order valence-corrected chi connectivity index (χ2v) is 12.5. The highest BCUT2D eigenvalue weighted by atomic mass is 16.4. The molecule has 236 valence electrons. The van der Waals surface area contributed by atoms with Crippen molar-refractivity contribution in [2.75, 3.05) is 0 Å². The summed E-state index contributed by atoms with van der Waals surface area (Å²) in [6.45, 7) is 7.38. The Labute approximate surface area is 290 Å². The van der Waals surface area contributed by atoms with Crippen molar-refractivity contribution in [2.45, 2.75) is 0 Å². The van der Waals surface area contributed by atoms with E-state index >= 15 is 0 Å². The summed E-state index contributed by atoms with van der Waals surface area (Å²) in [5.74, 6) is 0.964. The van der Waals surface area contributed by atoms with Gasteiger partial charge in [0.15, 0.2) is 11.3 Å². The molecule has 0 N–H and O–H groups in total. The van der Waals surface area contributed by atoms with Crippen molar-refractivity contribution in [1.29, 1.82) is 5.26 Å². The Morgan fingerprint density at radius 2 is 1.18 bits per heavy atom. The first-order valence-electron chi connectivity index (χ1n) is 16.4. The third-order valence-electron chi connectivity index (χ3n) is 9.49. The summed E-state index contributed by atoms with van der Waals surface area (Å²) in [4.78, 5) is 13.0. The van der Waals surface area contributed by atoms with E-state index in [1.807, 2.05) is 18.2 Å². The smallest absolute Gasteiger partial charge is 0.227 e. The first-order valence-corrected chi connectivity index (χ1v) is 16.4. The third kappa shape index (κ3) is 4.65. The second kappa shape index (κ2) is 11.0. The van der Waals surface area contributed by atoms with Gasteiger partial charge in [-0.15, -0.1) is 0 Å². The molecule has 51 heavy (non-hydrogen) atoms. The van der Waals surface area contributed by atoms with Gasteiger partial charge in [-0.2, -0.15) is 5.26 Å². The van der Waals surface area contributed by atoms with Gasteiger partial charge in [-0.25, -0.2) is 14.8 Å². The van der Waals surface area contributed by atoms with Crippen LogP contribution in [0.25, 0.3) is 99.3 Å². The maximum absolute atomic E-state index is 9.38. The molecule has 0 fully saturated rings. The lowest BCUT2D eigenvalue weighted by Gasteiger charge is -2.10. The minimum atomic E-state index is 0.480. The molecule has 0 aliphatic carbocycles. The molecule has 7 aromatic carbocycles. The molecular formula is C44H23N5O2. The second-order valence-electron chi connectivity index (χ2n) is 12.5. The molecule has 10 rings (SSSR count). The minimum Gasteiger partial charge on any atom is -0.437 e. The normalized spacial score (nSPS) is 11.5. The minimum absolute atomic E-state index is 0.480. The molecule has 0 unspecified atom stereocenters. The van der Waals surface area contributed by atoms with E-state index in [1.165, 1.54) is 16.3 Å². The van der Waals surface area contributed by atoms with E-state index in [2.05, 4.69) is 106 Å². The van der Waals surface area contributed by atoms with E-state index in [0.29, 0.717) is 45.2 Å². The van der Waals surface area contributed by atoms with Gasteiger partial charge in [0.2, 0.25) is 11.8 Å². The Hall–Kier alpha value is -7.48. The average Bonchev–Trinajstić information content (AvgIpc) is 3.90. The number of rotatable bonds is 4. The number of hydrogen-bond acceptors (Lipinski definition) is 5. The fourth-order valence-corrected chi connectivity index (χ4v) is 6.96. The van der Waals surface area contributed by atoms with Gasteiger partial charge in [-0.05, 0) is 101 Å². The molecule has 0 radical (unpaired) electrons. The SMILES string of the molecule is [C-]#[N+]c1ccc2nc(-c3ccc4c(c3)c3cc(-c5nc6ccc(C#N)cc6o5)ccc3n4-c3ccc(-c4ccc5ccccc5c4)cc3)oc2c1. The van der Waals surface area contributed by atoms with Crippen molar-refractivity contribution in [3.8, 4) is 45.8 Å². The summed E-state index contributed by atoms with van der Waals surface area (Å²) in [7, 11) is 0. The van der Waals surface area contributed by atoms with Gasteiger partial charge >= 0.3 is 0 Å². The maximum atomic E-state index is 9.38. The lowest BCUT2D eigenvalue weighted by molar-refractivity contribution is 0.619. The zero-order valence-electron chi connectivity index (χ0n) is 26.8. The molecule has 7 nitrogen and oxygen atoms in total. The van der Waals surface area contributed by atoms with Gasteiger partial charge in [0.05, 0.1) is 29.2 Å². The molecule has 0 aliphatic heterocycles. The van der Waals surface area contributed by atoms with Crippen LogP contribution in [-0.2, 0) is 0 Å². The molecule has 0 amide bonds. The number of aromatic nitrogens is 3. The lowest BCUT2D eigenvalue weighted by Crippen LogP contribution is -1.94. The van der Waals surface area contributed by atoms with Crippen LogP contribution >= 0.6 is 0 Å². The van der Waals surface area contributed by atoms with Crippen LogP contribution in [0.1, 0.15) is 5.56 Å². The Kier molecular flexibility index (Phi) is 6.17. The van der Waals surface area contributed by atoms with E-state index in [0.717, 1.165) is 44.2 Å². The average molecular weight is 654 g/mol. The molecule has 0 spiro atoms. The fraction of sp³-hybridized carbons (Fsp3) is 0. The van der Waals surface area contributed by atoms with E-state index in [9.17, 15) is 5.26 Å². The number of fused-ring (bicyclic) bond motifs is 6. The van der Waals surface area contributed by atoms with Crippen LogP contribution in [-0.4, -0.2) is 14.5 Å². The van der Waals surface area contributed by atoms with E-state index < -0.39 is 0 Å². The summed E-state index contributed by atoms with van der Waals surface area (Å²) < 4.78 is 14.6. The van der Waals surface area contributed by atoms with Gasteiger partial charge in [0, 0.05) is 33.7 Å². The molecule has 0 atom stereocenters. The van der Waals surface area contributed by atoms with Crippen molar-refractivity contribution in [3.63, 3.8) is 0 Å². The lowest BCUT2D eigenvalue weighted by atomic mass is 10.0. The number of hydrogen-bond donors (Lipinski definition) is 0. The van der Waals surface area contributed by atoms with Crippen LogP contribution in [0.5, 0.6) is 0 Å². The summed E-state index contributed by atoms with van der Waals surface area (Å²) >= 11 is 0. The van der Waals surface area contributed by atoms with Crippen LogP contribution < -0.4 is 0 Å². The highest BCUT2D eigenvalue weighted by Gasteiger charge is 2.18. The predicted molar refractivity (Wildman–Crippen MR) is 201 cm³/mol. The van der Waals surface area contributed by atoms with Crippen LogP contribution in [0, 0.1) is 17.9 Å². The summed E-state index contributed by atoms with van der Waals surface area (Å²) in [5.41, 5.74) is 10.6. The van der Waals surface area contributed by atoms with E-state index in [4.69, 9.17) is 25.4 Å². The van der Waals surface area contributed by atoms with Gasteiger partial charge in [-0.1, -0.05) is 54.6 Å². The summed E-state index contributed by atoms with van der Waals surface area (Å²) in [5, 5.41) is 13.8. The van der Waals surface area contributed by atoms with Crippen molar-refractivity contribution in [3.05, 3.63) is 157 Å². The molecule has 0 saturated carbocycles. The largest absolute Gasteiger partial charge is 0.437 e. The molecule has 0 bridgehead atoms. The van der Waals surface area contributed by atoms with E-state index in [-0.39, 0.29) is 0 Å². The molecule has 10 aromatic rings. The fourth-order valence-electron chi connectivity index (χ4n) is 6.96. The summed E-state index contributed by atoms with van der Waals surface area (Å²) in [6.07, 6.45) is 0. The topological polar surface area (TPSA) is 85.1 Å². The van der Waals surface area contributed by atoms with Crippen LogP contribution in [0.15, 0.2) is 148 Å². The highest BCUT2D eigenvalue weighted by molar-refractivity contribution is 6.11. The summed E-state index contributed by atoms with van der Waals surface area (Å²) in [6, 6.07) is 48.8.